The highest BCUT2D eigenvalue weighted by atomic mass is 32.2. The second-order valence-corrected chi connectivity index (χ2v) is 8.49. The van der Waals surface area contributed by atoms with Crippen molar-refractivity contribution in [1.29, 1.82) is 0 Å². The molecule has 160 valence electrons. The number of benzene rings is 1. The van der Waals surface area contributed by atoms with Crippen LogP contribution in [0.15, 0.2) is 24.3 Å². The number of hydrogen-bond acceptors (Lipinski definition) is 6. The first kappa shape index (κ1) is 21.9. The number of rotatable bonds is 10. The summed E-state index contributed by atoms with van der Waals surface area (Å²) in [5, 5.41) is 3.00. The summed E-state index contributed by atoms with van der Waals surface area (Å²) in [5.74, 6) is 1.59. The van der Waals surface area contributed by atoms with E-state index in [-0.39, 0.29) is 11.1 Å². The molecule has 3 rings (SSSR count). The maximum Gasteiger partial charge on any atom is 0.281 e. The molecule has 29 heavy (non-hydrogen) atoms. The van der Waals surface area contributed by atoms with E-state index >= 15 is 0 Å². The second-order valence-electron chi connectivity index (χ2n) is 7.45. The van der Waals surface area contributed by atoms with Crippen LogP contribution in [-0.2, 0) is 16.1 Å². The van der Waals surface area contributed by atoms with Crippen molar-refractivity contribution in [3.63, 3.8) is 0 Å². The Kier molecular flexibility index (Phi) is 8.64. The van der Waals surface area contributed by atoms with Crippen molar-refractivity contribution in [2.75, 3.05) is 52.3 Å². The number of amides is 2. The molecule has 1 aromatic rings. The first-order valence-electron chi connectivity index (χ1n) is 10.3. The summed E-state index contributed by atoms with van der Waals surface area (Å²) >= 11 is 1.32. The molecule has 2 amide bonds. The molecule has 0 aliphatic carbocycles. The standard InChI is InChI=1S/C21H31N3O4S/c1-23(18-6-11-27-12-7-18)9-13-28-19-4-2-3-17(15-19)16-22-20(25)5-8-24-10-14-29-21(24)26/h2-4,15,18H,5-14,16H2,1H3,(H,22,25). The normalized spacial score (nSPS) is 17.7. The van der Waals surface area contributed by atoms with E-state index in [2.05, 4.69) is 17.3 Å². The van der Waals surface area contributed by atoms with Gasteiger partial charge < -0.3 is 19.7 Å². The Bertz CT molecular complexity index is 682. The van der Waals surface area contributed by atoms with Gasteiger partial charge >= 0.3 is 0 Å². The van der Waals surface area contributed by atoms with Gasteiger partial charge in [0.1, 0.15) is 12.4 Å². The first-order chi connectivity index (χ1) is 14.1. The van der Waals surface area contributed by atoms with E-state index in [9.17, 15) is 9.59 Å². The van der Waals surface area contributed by atoms with Crippen molar-refractivity contribution >= 4 is 22.9 Å². The third kappa shape index (κ3) is 7.21. The minimum absolute atomic E-state index is 0.0425. The zero-order chi connectivity index (χ0) is 20.5. The van der Waals surface area contributed by atoms with E-state index < -0.39 is 0 Å². The minimum atomic E-state index is -0.0425. The molecule has 0 atom stereocenters. The Morgan fingerprint density at radius 2 is 2.21 bits per heavy atom. The fourth-order valence-corrected chi connectivity index (χ4v) is 4.37. The van der Waals surface area contributed by atoms with E-state index in [0.29, 0.717) is 32.2 Å². The van der Waals surface area contributed by atoms with Gasteiger partial charge in [-0.25, -0.2) is 0 Å². The van der Waals surface area contributed by atoms with Crippen LogP contribution >= 0.6 is 11.8 Å². The van der Waals surface area contributed by atoms with E-state index in [1.54, 1.807) is 4.90 Å². The fourth-order valence-electron chi connectivity index (χ4n) is 3.52. The van der Waals surface area contributed by atoms with Crippen molar-refractivity contribution in [3.8, 4) is 5.75 Å². The van der Waals surface area contributed by atoms with Crippen LogP contribution in [-0.4, -0.2) is 79.2 Å². The molecule has 0 unspecified atom stereocenters. The zero-order valence-electron chi connectivity index (χ0n) is 17.1. The molecule has 0 aromatic heterocycles. The minimum Gasteiger partial charge on any atom is -0.492 e. The number of thioether (sulfide) groups is 1. The molecular weight excluding hydrogens is 390 g/mol. The lowest BCUT2D eigenvalue weighted by Crippen LogP contribution is -2.38. The Hall–Kier alpha value is -1.77. The quantitative estimate of drug-likeness (QED) is 0.625. The van der Waals surface area contributed by atoms with E-state index in [4.69, 9.17) is 9.47 Å². The molecule has 0 spiro atoms. The summed E-state index contributed by atoms with van der Waals surface area (Å²) in [6.07, 6.45) is 2.49. The average molecular weight is 422 g/mol. The van der Waals surface area contributed by atoms with Crippen molar-refractivity contribution in [1.82, 2.24) is 15.1 Å². The van der Waals surface area contributed by atoms with Crippen LogP contribution in [0.3, 0.4) is 0 Å². The van der Waals surface area contributed by atoms with Gasteiger partial charge in [-0.2, -0.15) is 0 Å². The highest BCUT2D eigenvalue weighted by Gasteiger charge is 2.21. The molecule has 2 aliphatic rings. The fraction of sp³-hybridized carbons (Fsp3) is 0.619. The summed E-state index contributed by atoms with van der Waals surface area (Å²) in [7, 11) is 2.14. The van der Waals surface area contributed by atoms with Crippen molar-refractivity contribution in [2.24, 2.45) is 0 Å². The average Bonchev–Trinajstić information content (AvgIpc) is 3.16. The monoisotopic (exact) mass is 421 g/mol. The van der Waals surface area contributed by atoms with Gasteiger partial charge in [-0.3, -0.25) is 14.5 Å². The number of carbonyl (C=O) groups is 2. The smallest absolute Gasteiger partial charge is 0.281 e. The lowest BCUT2D eigenvalue weighted by Gasteiger charge is -2.31. The second kappa shape index (κ2) is 11.4. The van der Waals surface area contributed by atoms with Crippen LogP contribution in [0.2, 0.25) is 0 Å². The zero-order valence-corrected chi connectivity index (χ0v) is 17.9. The van der Waals surface area contributed by atoms with Gasteiger partial charge in [0, 0.05) is 57.6 Å². The van der Waals surface area contributed by atoms with Crippen LogP contribution in [0.4, 0.5) is 4.79 Å². The third-order valence-electron chi connectivity index (χ3n) is 5.37. The SMILES string of the molecule is CN(CCOc1cccc(CNC(=O)CCN2CCSC2=O)c1)C1CCOCC1. The van der Waals surface area contributed by atoms with Gasteiger partial charge in [-0.15, -0.1) is 0 Å². The van der Waals surface area contributed by atoms with Crippen LogP contribution in [0.25, 0.3) is 0 Å². The predicted molar refractivity (Wildman–Crippen MR) is 114 cm³/mol. The first-order valence-corrected chi connectivity index (χ1v) is 11.3. The van der Waals surface area contributed by atoms with Gasteiger partial charge in [0.25, 0.3) is 5.24 Å². The van der Waals surface area contributed by atoms with Gasteiger partial charge in [-0.1, -0.05) is 23.9 Å². The molecule has 2 heterocycles. The molecule has 2 aliphatic heterocycles. The van der Waals surface area contributed by atoms with Crippen molar-refractivity contribution in [2.45, 2.75) is 31.8 Å². The largest absolute Gasteiger partial charge is 0.492 e. The Morgan fingerprint density at radius 3 is 2.97 bits per heavy atom. The number of carbonyl (C=O) groups excluding carboxylic acids is 2. The molecule has 0 radical (unpaired) electrons. The van der Waals surface area contributed by atoms with Crippen molar-refractivity contribution < 1.29 is 19.1 Å². The van der Waals surface area contributed by atoms with Gasteiger partial charge in [0.15, 0.2) is 0 Å². The number of hydrogen-bond donors (Lipinski definition) is 1. The van der Waals surface area contributed by atoms with Gasteiger partial charge in [0.2, 0.25) is 5.91 Å². The summed E-state index contributed by atoms with van der Waals surface area (Å²) in [5.41, 5.74) is 1.00. The number of nitrogens with zero attached hydrogens (tertiary/aromatic N) is 2. The lowest BCUT2D eigenvalue weighted by atomic mass is 10.1. The van der Waals surface area contributed by atoms with Gasteiger partial charge in [-0.05, 0) is 37.6 Å². The van der Waals surface area contributed by atoms with E-state index in [1.165, 1.54) is 11.8 Å². The molecule has 7 nitrogen and oxygen atoms in total. The Balaban J connectivity index is 1.35. The van der Waals surface area contributed by atoms with Gasteiger partial charge in [0.05, 0.1) is 0 Å². The topological polar surface area (TPSA) is 71.1 Å². The van der Waals surface area contributed by atoms with Crippen molar-refractivity contribution in [3.05, 3.63) is 29.8 Å². The number of nitrogens with one attached hydrogen (secondary N) is 1. The predicted octanol–water partition coefficient (Wildman–Crippen LogP) is 2.35. The molecule has 0 bridgehead atoms. The molecule has 2 fully saturated rings. The third-order valence-corrected chi connectivity index (χ3v) is 6.26. The number of likely N-dealkylation sites (N-methyl/N-ethyl adjacent to an activating group) is 1. The molecule has 1 N–H and O–H groups in total. The van der Waals surface area contributed by atoms with Crippen LogP contribution in [0.5, 0.6) is 5.75 Å². The highest BCUT2D eigenvalue weighted by molar-refractivity contribution is 8.13. The van der Waals surface area contributed by atoms with Crippen LogP contribution in [0, 0.1) is 0 Å². The summed E-state index contributed by atoms with van der Waals surface area (Å²) in [6.45, 7) is 4.88. The maximum absolute atomic E-state index is 12.1. The maximum atomic E-state index is 12.1. The van der Waals surface area contributed by atoms with E-state index in [1.807, 2.05) is 24.3 Å². The summed E-state index contributed by atoms with van der Waals surface area (Å²) in [4.78, 5) is 27.7. The van der Waals surface area contributed by atoms with Crippen LogP contribution in [0.1, 0.15) is 24.8 Å². The molecule has 8 heteroatoms. The lowest BCUT2D eigenvalue weighted by molar-refractivity contribution is -0.121. The van der Waals surface area contributed by atoms with E-state index in [0.717, 1.165) is 56.2 Å². The Morgan fingerprint density at radius 1 is 1.38 bits per heavy atom. The molecule has 1 aromatic carbocycles. The summed E-state index contributed by atoms with van der Waals surface area (Å²) < 4.78 is 11.3. The molecule has 0 saturated carbocycles. The molecular formula is C21H31N3O4S. The van der Waals surface area contributed by atoms with Crippen LogP contribution < -0.4 is 10.1 Å². The highest BCUT2D eigenvalue weighted by Crippen LogP contribution is 2.17. The summed E-state index contributed by atoms with van der Waals surface area (Å²) in [6, 6.07) is 8.40. The molecule has 2 saturated heterocycles. The number of ether oxygens (including phenoxy) is 2. The Labute approximate surface area is 177 Å².